The molecule has 3 aromatic rings. The van der Waals surface area contributed by atoms with Crippen LogP contribution >= 0.6 is 0 Å². The normalized spacial score (nSPS) is 18.2. The Morgan fingerprint density at radius 3 is 2.31 bits per heavy atom. The van der Waals surface area contributed by atoms with Gasteiger partial charge in [0, 0.05) is 18.5 Å². The van der Waals surface area contributed by atoms with Crippen LogP contribution in [0.1, 0.15) is 69.2 Å². The van der Waals surface area contributed by atoms with Crippen LogP contribution in [0.2, 0.25) is 0 Å². The molecule has 1 aliphatic carbocycles. The molecule has 0 spiro atoms. The molecule has 0 amide bonds. The Morgan fingerprint density at radius 1 is 1.06 bits per heavy atom. The molecule has 0 atom stereocenters. The van der Waals surface area contributed by atoms with E-state index in [9.17, 15) is 13.6 Å². The zero-order valence-electron chi connectivity index (χ0n) is 21.0. The summed E-state index contributed by atoms with van der Waals surface area (Å²) in [5.74, 6) is 0.265. The van der Waals surface area contributed by atoms with E-state index in [4.69, 9.17) is 15.0 Å². The number of nitrogens with zero attached hydrogens (tertiary/aromatic N) is 3. The first kappa shape index (κ1) is 25.6. The van der Waals surface area contributed by atoms with E-state index in [-0.39, 0.29) is 34.0 Å². The van der Waals surface area contributed by atoms with Gasteiger partial charge in [0.05, 0.1) is 23.9 Å². The van der Waals surface area contributed by atoms with Crippen LogP contribution in [0.3, 0.4) is 0 Å². The van der Waals surface area contributed by atoms with Crippen LogP contribution in [0.4, 0.5) is 8.78 Å². The first-order valence-corrected chi connectivity index (χ1v) is 12.5. The zero-order chi connectivity index (χ0) is 25.8. The molecule has 0 aliphatic heterocycles. The lowest BCUT2D eigenvalue weighted by Gasteiger charge is -2.26. The lowest BCUT2D eigenvalue weighted by atomic mass is 9.84. The van der Waals surface area contributed by atoms with Crippen LogP contribution in [-0.4, -0.2) is 16.7 Å². The van der Waals surface area contributed by atoms with E-state index in [0.717, 1.165) is 44.4 Å². The molecule has 5 nitrogen and oxygen atoms in total. The SMILES string of the molecule is CCC1CCCC(c2nc(-c3ccc(C#N)c(F)c3)c(-c3ccc(OC)c(F)c3)c(=O)n2C)CCC1. The Kier molecular flexibility index (Phi) is 7.83. The maximum Gasteiger partial charge on any atom is 0.261 e. The van der Waals surface area contributed by atoms with Gasteiger partial charge in [-0.3, -0.25) is 9.36 Å². The third kappa shape index (κ3) is 5.04. The molecule has 4 rings (SSSR count). The highest BCUT2D eigenvalue weighted by Crippen LogP contribution is 2.36. The summed E-state index contributed by atoms with van der Waals surface area (Å²) in [7, 11) is 3.07. The second-order valence-electron chi connectivity index (χ2n) is 9.55. The van der Waals surface area contributed by atoms with Crippen LogP contribution < -0.4 is 10.3 Å². The van der Waals surface area contributed by atoms with Gasteiger partial charge in [-0.05, 0) is 48.6 Å². The molecule has 0 unspecified atom stereocenters. The van der Waals surface area contributed by atoms with Crippen LogP contribution in [0, 0.1) is 28.9 Å². The average molecular weight is 492 g/mol. The van der Waals surface area contributed by atoms with Crippen molar-refractivity contribution >= 4 is 0 Å². The van der Waals surface area contributed by atoms with Gasteiger partial charge < -0.3 is 4.74 Å². The largest absolute Gasteiger partial charge is 0.494 e. The molecule has 1 aliphatic rings. The highest BCUT2D eigenvalue weighted by molar-refractivity contribution is 5.80. The first-order chi connectivity index (χ1) is 17.4. The molecule has 7 heteroatoms. The summed E-state index contributed by atoms with van der Waals surface area (Å²) < 4.78 is 35.8. The molecule has 0 N–H and O–H groups in total. The predicted octanol–water partition coefficient (Wildman–Crippen LogP) is 6.74. The van der Waals surface area contributed by atoms with Crippen LogP contribution in [0.15, 0.2) is 41.2 Å². The number of rotatable bonds is 5. The van der Waals surface area contributed by atoms with E-state index in [1.54, 1.807) is 23.7 Å². The molecule has 1 heterocycles. The second kappa shape index (κ2) is 11.0. The summed E-state index contributed by atoms with van der Waals surface area (Å²) in [4.78, 5) is 18.7. The number of hydrogen-bond donors (Lipinski definition) is 0. The summed E-state index contributed by atoms with van der Waals surface area (Å²) in [5.41, 5.74) is 0.756. The van der Waals surface area contributed by atoms with Crippen LogP contribution in [-0.2, 0) is 7.05 Å². The number of nitriles is 1. The molecular weight excluding hydrogens is 460 g/mol. The van der Waals surface area contributed by atoms with Crippen molar-refractivity contribution in [2.75, 3.05) is 7.11 Å². The minimum atomic E-state index is -0.692. The number of benzene rings is 2. The summed E-state index contributed by atoms with van der Waals surface area (Å²) in [6.07, 6.45) is 7.48. The topological polar surface area (TPSA) is 67.9 Å². The van der Waals surface area contributed by atoms with Gasteiger partial charge in [0.25, 0.3) is 5.56 Å². The van der Waals surface area contributed by atoms with Gasteiger partial charge in [0.15, 0.2) is 11.6 Å². The Bertz CT molecular complexity index is 1350. The molecule has 1 saturated carbocycles. The summed E-state index contributed by atoms with van der Waals surface area (Å²) in [6, 6.07) is 10.3. The highest BCUT2D eigenvalue weighted by Gasteiger charge is 2.25. The summed E-state index contributed by atoms with van der Waals surface area (Å²) in [5, 5.41) is 9.16. The van der Waals surface area contributed by atoms with Crippen LogP contribution in [0.25, 0.3) is 22.4 Å². The maximum absolute atomic E-state index is 14.6. The van der Waals surface area contributed by atoms with E-state index < -0.39 is 11.6 Å². The van der Waals surface area contributed by atoms with E-state index in [1.807, 2.05) is 6.07 Å². The lowest BCUT2D eigenvalue weighted by Crippen LogP contribution is -2.27. The van der Waals surface area contributed by atoms with E-state index >= 15 is 0 Å². The Hall–Kier alpha value is -3.53. The minimum absolute atomic E-state index is 0.0611. The van der Waals surface area contributed by atoms with Crippen molar-refractivity contribution in [2.45, 2.75) is 57.8 Å². The predicted molar refractivity (Wildman–Crippen MR) is 136 cm³/mol. The van der Waals surface area contributed by atoms with Gasteiger partial charge in [-0.15, -0.1) is 0 Å². The minimum Gasteiger partial charge on any atom is -0.494 e. The van der Waals surface area contributed by atoms with Crippen molar-refractivity contribution in [1.82, 2.24) is 9.55 Å². The Morgan fingerprint density at radius 2 is 1.72 bits per heavy atom. The average Bonchev–Trinajstić information content (AvgIpc) is 2.86. The zero-order valence-corrected chi connectivity index (χ0v) is 21.0. The van der Waals surface area contributed by atoms with Crippen LogP contribution in [0.5, 0.6) is 5.75 Å². The standard InChI is InChI=1S/C29H31F2N3O2/c1-4-18-7-5-9-19(10-6-8-18)28-33-27(21-11-12-22(17-32)23(30)16-21)26(29(35)34(28)2)20-13-14-25(36-3)24(31)15-20/h11-16,18-19H,4-10H2,1-3H3. The number of halogens is 2. The second-order valence-corrected chi connectivity index (χ2v) is 9.55. The molecule has 2 aromatic carbocycles. The molecule has 36 heavy (non-hydrogen) atoms. The van der Waals surface area contributed by atoms with E-state index in [1.165, 1.54) is 37.8 Å². The quantitative estimate of drug-likeness (QED) is 0.397. The van der Waals surface area contributed by atoms with Gasteiger partial charge in [0.1, 0.15) is 17.7 Å². The first-order valence-electron chi connectivity index (χ1n) is 12.5. The molecule has 0 bridgehead atoms. The van der Waals surface area contributed by atoms with E-state index in [0.29, 0.717) is 17.0 Å². The van der Waals surface area contributed by atoms with Crippen molar-refractivity contribution < 1.29 is 13.5 Å². The van der Waals surface area contributed by atoms with Crippen molar-refractivity contribution in [2.24, 2.45) is 13.0 Å². The Labute approximate surface area is 210 Å². The van der Waals surface area contributed by atoms with Gasteiger partial charge in [-0.25, -0.2) is 13.8 Å². The van der Waals surface area contributed by atoms with Gasteiger partial charge in [0.2, 0.25) is 0 Å². The molecule has 0 radical (unpaired) electrons. The van der Waals surface area contributed by atoms with Crippen molar-refractivity contribution in [3.63, 3.8) is 0 Å². The fourth-order valence-corrected chi connectivity index (χ4v) is 5.29. The van der Waals surface area contributed by atoms with Crippen molar-refractivity contribution in [3.05, 3.63) is 69.8 Å². The van der Waals surface area contributed by atoms with Crippen molar-refractivity contribution in [3.8, 4) is 34.2 Å². The third-order valence-corrected chi connectivity index (χ3v) is 7.40. The number of ether oxygens (including phenoxy) is 1. The molecule has 188 valence electrons. The monoisotopic (exact) mass is 491 g/mol. The summed E-state index contributed by atoms with van der Waals surface area (Å²) >= 11 is 0. The number of aromatic nitrogens is 2. The van der Waals surface area contributed by atoms with Gasteiger partial charge in [-0.2, -0.15) is 5.26 Å². The fraction of sp³-hybridized carbons (Fsp3) is 0.414. The fourth-order valence-electron chi connectivity index (χ4n) is 5.29. The maximum atomic E-state index is 14.6. The van der Waals surface area contributed by atoms with Gasteiger partial charge >= 0.3 is 0 Å². The number of hydrogen-bond acceptors (Lipinski definition) is 4. The Balaban J connectivity index is 1.89. The molecule has 1 aromatic heterocycles. The van der Waals surface area contributed by atoms with Crippen molar-refractivity contribution in [1.29, 1.82) is 5.26 Å². The van der Waals surface area contributed by atoms with E-state index in [2.05, 4.69) is 6.92 Å². The number of methoxy groups -OCH3 is 1. The molecule has 0 saturated heterocycles. The molecule has 1 fully saturated rings. The highest BCUT2D eigenvalue weighted by atomic mass is 19.1. The molecular formula is C29H31F2N3O2. The lowest BCUT2D eigenvalue weighted by molar-refractivity contribution is 0.341. The van der Waals surface area contributed by atoms with Gasteiger partial charge in [-0.1, -0.05) is 51.2 Å². The summed E-state index contributed by atoms with van der Waals surface area (Å²) in [6.45, 7) is 2.23. The smallest absolute Gasteiger partial charge is 0.261 e. The third-order valence-electron chi connectivity index (χ3n) is 7.40.